The third-order valence-corrected chi connectivity index (χ3v) is 5.46. The van der Waals surface area contributed by atoms with Crippen molar-refractivity contribution in [2.75, 3.05) is 18.0 Å². The number of imidazole rings is 1. The van der Waals surface area contributed by atoms with Gasteiger partial charge in [0.05, 0.1) is 6.04 Å². The van der Waals surface area contributed by atoms with E-state index < -0.39 is 0 Å². The van der Waals surface area contributed by atoms with Crippen molar-refractivity contribution in [2.24, 2.45) is 0 Å². The molecule has 1 aromatic heterocycles. The van der Waals surface area contributed by atoms with Crippen LogP contribution in [0.3, 0.4) is 0 Å². The number of hydrogen-bond donors (Lipinski definition) is 1. The number of rotatable bonds is 4. The molecule has 2 atom stereocenters. The second-order valence-corrected chi connectivity index (χ2v) is 7.25. The molecule has 1 amide bonds. The predicted molar refractivity (Wildman–Crippen MR) is 98.8 cm³/mol. The highest BCUT2D eigenvalue weighted by molar-refractivity contribution is 5.97. The number of anilines is 1. The Bertz CT molecular complexity index is 736. The fourth-order valence-electron chi connectivity index (χ4n) is 4.03. The lowest BCUT2D eigenvalue weighted by molar-refractivity contribution is -0.121. The highest BCUT2D eigenvalue weighted by Crippen LogP contribution is 2.26. The Morgan fingerprint density at radius 1 is 1.16 bits per heavy atom. The Morgan fingerprint density at radius 3 is 2.80 bits per heavy atom. The Kier molecular flexibility index (Phi) is 4.57. The minimum atomic E-state index is -0.0830. The van der Waals surface area contributed by atoms with Crippen molar-refractivity contribution in [3.8, 4) is 0 Å². The van der Waals surface area contributed by atoms with Crippen LogP contribution < -0.4 is 10.2 Å². The second-order valence-electron chi connectivity index (χ2n) is 7.25. The van der Waals surface area contributed by atoms with Crippen LogP contribution in [0.4, 0.5) is 5.69 Å². The van der Waals surface area contributed by atoms with Gasteiger partial charge in [0, 0.05) is 43.6 Å². The van der Waals surface area contributed by atoms with Gasteiger partial charge in [-0.2, -0.15) is 0 Å². The molecule has 0 saturated carbocycles. The van der Waals surface area contributed by atoms with E-state index in [4.69, 9.17) is 0 Å². The van der Waals surface area contributed by atoms with E-state index in [2.05, 4.69) is 40.1 Å². The molecule has 2 aromatic rings. The van der Waals surface area contributed by atoms with Crippen LogP contribution in [-0.4, -0.2) is 34.6 Å². The van der Waals surface area contributed by atoms with Gasteiger partial charge in [0.25, 0.3) is 0 Å². The molecule has 1 fully saturated rings. The summed E-state index contributed by atoms with van der Waals surface area (Å²) in [5.41, 5.74) is 2.23. The largest absolute Gasteiger partial charge is 0.335 e. The standard InChI is InChI=1S/C20H26N4O/c1-15-6-8-17(9-7-15)24-12-3-5-18(20(24)25)22-14-16-4-2-11-23-13-10-21-19(16)23/h6-10,13,16,18,22H,2-5,11-12,14H2,1H3/t16-,18-/m1/s1. The van der Waals surface area contributed by atoms with Crippen molar-refractivity contribution in [1.29, 1.82) is 0 Å². The maximum absolute atomic E-state index is 12.9. The minimum Gasteiger partial charge on any atom is -0.335 e. The zero-order chi connectivity index (χ0) is 17.2. The lowest BCUT2D eigenvalue weighted by Crippen LogP contribution is -2.51. The summed E-state index contributed by atoms with van der Waals surface area (Å²) in [5.74, 6) is 1.78. The molecule has 0 unspecified atom stereocenters. The highest BCUT2D eigenvalue weighted by atomic mass is 16.2. The first-order chi connectivity index (χ1) is 12.2. The second kappa shape index (κ2) is 7.00. The first kappa shape index (κ1) is 16.3. The van der Waals surface area contributed by atoms with Crippen LogP contribution in [-0.2, 0) is 11.3 Å². The number of aryl methyl sites for hydroxylation is 2. The van der Waals surface area contributed by atoms with E-state index in [1.54, 1.807) is 0 Å². The van der Waals surface area contributed by atoms with E-state index in [-0.39, 0.29) is 11.9 Å². The number of amides is 1. The molecule has 4 rings (SSSR count). The number of nitrogens with zero attached hydrogens (tertiary/aromatic N) is 3. The first-order valence-corrected chi connectivity index (χ1v) is 9.35. The smallest absolute Gasteiger partial charge is 0.244 e. The molecule has 1 aromatic carbocycles. The summed E-state index contributed by atoms with van der Waals surface area (Å²) >= 11 is 0. The van der Waals surface area contributed by atoms with Crippen molar-refractivity contribution < 1.29 is 4.79 Å². The molecule has 25 heavy (non-hydrogen) atoms. The molecule has 0 radical (unpaired) electrons. The van der Waals surface area contributed by atoms with Gasteiger partial charge >= 0.3 is 0 Å². The summed E-state index contributed by atoms with van der Waals surface area (Å²) in [6.45, 7) is 4.78. The number of aromatic nitrogens is 2. The van der Waals surface area contributed by atoms with E-state index in [1.165, 1.54) is 12.0 Å². The third-order valence-electron chi connectivity index (χ3n) is 5.46. The van der Waals surface area contributed by atoms with Gasteiger partial charge < -0.3 is 14.8 Å². The molecule has 5 nitrogen and oxygen atoms in total. The molecule has 3 heterocycles. The Hall–Kier alpha value is -2.14. The van der Waals surface area contributed by atoms with Crippen molar-refractivity contribution in [1.82, 2.24) is 14.9 Å². The normalized spacial score (nSPS) is 23.6. The van der Waals surface area contributed by atoms with Crippen molar-refractivity contribution in [2.45, 2.75) is 51.1 Å². The lowest BCUT2D eigenvalue weighted by Gasteiger charge is -2.34. The van der Waals surface area contributed by atoms with E-state index in [0.717, 1.165) is 50.4 Å². The average Bonchev–Trinajstić information content (AvgIpc) is 3.11. The van der Waals surface area contributed by atoms with Crippen LogP contribution in [0.25, 0.3) is 0 Å². The number of nitrogens with one attached hydrogen (secondary N) is 1. The number of hydrogen-bond acceptors (Lipinski definition) is 3. The number of piperidine rings is 1. The first-order valence-electron chi connectivity index (χ1n) is 9.35. The van der Waals surface area contributed by atoms with Crippen LogP contribution in [0.15, 0.2) is 36.7 Å². The summed E-state index contributed by atoms with van der Waals surface area (Å²) in [7, 11) is 0. The zero-order valence-corrected chi connectivity index (χ0v) is 14.8. The number of carbonyl (C=O) groups is 1. The van der Waals surface area contributed by atoms with Crippen LogP contribution >= 0.6 is 0 Å². The highest BCUT2D eigenvalue weighted by Gasteiger charge is 2.30. The van der Waals surface area contributed by atoms with Gasteiger partial charge in [-0.1, -0.05) is 17.7 Å². The molecular formula is C20H26N4O. The molecule has 2 aliphatic rings. The fourth-order valence-corrected chi connectivity index (χ4v) is 4.03. The Labute approximate surface area is 149 Å². The van der Waals surface area contributed by atoms with E-state index in [1.807, 2.05) is 23.2 Å². The topological polar surface area (TPSA) is 50.2 Å². The SMILES string of the molecule is Cc1ccc(N2CCC[C@@H](NC[C@H]3CCCn4ccnc43)C2=O)cc1. The predicted octanol–water partition coefficient (Wildman–Crippen LogP) is 2.85. The molecule has 0 bridgehead atoms. The summed E-state index contributed by atoms with van der Waals surface area (Å²) in [6, 6.07) is 8.16. The van der Waals surface area contributed by atoms with Crippen LogP contribution in [0.5, 0.6) is 0 Å². The number of fused-ring (bicyclic) bond motifs is 1. The van der Waals surface area contributed by atoms with Gasteiger partial charge in [0.1, 0.15) is 5.82 Å². The maximum Gasteiger partial charge on any atom is 0.244 e. The summed E-state index contributed by atoms with van der Waals surface area (Å²) in [5, 5.41) is 3.54. The maximum atomic E-state index is 12.9. The van der Waals surface area contributed by atoms with Gasteiger partial charge in [0.2, 0.25) is 5.91 Å². The zero-order valence-electron chi connectivity index (χ0n) is 14.8. The minimum absolute atomic E-state index is 0.0830. The van der Waals surface area contributed by atoms with Gasteiger partial charge in [0.15, 0.2) is 0 Å². The van der Waals surface area contributed by atoms with Crippen LogP contribution in [0.1, 0.15) is 43.0 Å². The number of benzene rings is 1. The van der Waals surface area contributed by atoms with Gasteiger partial charge in [-0.25, -0.2) is 4.98 Å². The molecule has 0 spiro atoms. The van der Waals surface area contributed by atoms with Gasteiger partial charge in [-0.15, -0.1) is 0 Å². The molecule has 1 saturated heterocycles. The van der Waals surface area contributed by atoms with Gasteiger partial charge in [-0.3, -0.25) is 4.79 Å². The van der Waals surface area contributed by atoms with E-state index in [0.29, 0.717) is 5.92 Å². The third kappa shape index (κ3) is 3.33. The Morgan fingerprint density at radius 2 is 1.96 bits per heavy atom. The summed E-state index contributed by atoms with van der Waals surface area (Å²) in [4.78, 5) is 19.4. The van der Waals surface area contributed by atoms with Crippen LogP contribution in [0.2, 0.25) is 0 Å². The average molecular weight is 338 g/mol. The molecule has 5 heteroatoms. The monoisotopic (exact) mass is 338 g/mol. The van der Waals surface area contributed by atoms with E-state index >= 15 is 0 Å². The fraction of sp³-hybridized carbons (Fsp3) is 0.500. The molecule has 0 aliphatic carbocycles. The lowest BCUT2D eigenvalue weighted by atomic mass is 9.97. The molecule has 132 valence electrons. The molecule has 2 aliphatic heterocycles. The molecule has 1 N–H and O–H groups in total. The van der Waals surface area contributed by atoms with Crippen molar-refractivity contribution in [3.63, 3.8) is 0 Å². The number of carbonyl (C=O) groups excluding carboxylic acids is 1. The quantitative estimate of drug-likeness (QED) is 0.933. The molecular weight excluding hydrogens is 312 g/mol. The Balaban J connectivity index is 1.41. The van der Waals surface area contributed by atoms with Crippen molar-refractivity contribution in [3.05, 3.63) is 48.0 Å². The van der Waals surface area contributed by atoms with Crippen molar-refractivity contribution >= 4 is 11.6 Å². The van der Waals surface area contributed by atoms with E-state index in [9.17, 15) is 4.79 Å². The summed E-state index contributed by atoms with van der Waals surface area (Å²) < 4.78 is 2.25. The van der Waals surface area contributed by atoms with Gasteiger partial charge in [-0.05, 0) is 44.7 Å². The summed E-state index contributed by atoms with van der Waals surface area (Å²) in [6.07, 6.45) is 8.24. The van der Waals surface area contributed by atoms with Crippen LogP contribution in [0, 0.1) is 6.92 Å².